The number of thiol groups is 1. The van der Waals surface area contributed by atoms with Crippen LogP contribution in [-0.2, 0) is 4.79 Å². The van der Waals surface area contributed by atoms with E-state index in [0.717, 1.165) is 38.8 Å². The molecule has 2 nitrogen and oxygen atoms in total. The average molecular weight is 215 g/mol. The van der Waals surface area contributed by atoms with Crippen molar-refractivity contribution in [3.05, 3.63) is 0 Å². The van der Waals surface area contributed by atoms with Gasteiger partial charge in [0.2, 0.25) is 5.91 Å². The van der Waals surface area contributed by atoms with Crippen LogP contribution in [0.1, 0.15) is 39.5 Å². The van der Waals surface area contributed by atoms with Crippen LogP contribution in [0, 0.1) is 5.92 Å². The highest BCUT2D eigenvalue weighted by Crippen LogP contribution is 2.16. The molecule has 0 aliphatic carbocycles. The monoisotopic (exact) mass is 215 g/mol. The van der Waals surface area contributed by atoms with E-state index in [4.69, 9.17) is 0 Å². The van der Waals surface area contributed by atoms with Gasteiger partial charge in [-0.25, -0.2) is 0 Å². The van der Waals surface area contributed by atoms with Crippen molar-refractivity contribution in [3.63, 3.8) is 0 Å². The van der Waals surface area contributed by atoms with Gasteiger partial charge in [-0.1, -0.05) is 13.8 Å². The van der Waals surface area contributed by atoms with Crippen molar-refractivity contribution in [1.29, 1.82) is 0 Å². The Kier molecular flexibility index (Phi) is 4.79. The van der Waals surface area contributed by atoms with Gasteiger partial charge in [0.25, 0.3) is 0 Å². The van der Waals surface area contributed by atoms with E-state index in [1.807, 2.05) is 4.90 Å². The third kappa shape index (κ3) is 3.52. The van der Waals surface area contributed by atoms with Gasteiger partial charge in [-0.2, -0.15) is 12.6 Å². The van der Waals surface area contributed by atoms with Gasteiger partial charge in [0.05, 0.1) is 0 Å². The van der Waals surface area contributed by atoms with E-state index < -0.39 is 0 Å². The second-order valence-corrected chi connectivity index (χ2v) is 5.10. The van der Waals surface area contributed by atoms with E-state index in [-0.39, 0.29) is 0 Å². The third-order valence-corrected chi connectivity index (χ3v) is 3.72. The highest BCUT2D eigenvalue weighted by Gasteiger charge is 2.19. The summed E-state index contributed by atoms with van der Waals surface area (Å²) in [6.07, 6.45) is 4.02. The number of amides is 1. The lowest BCUT2D eigenvalue weighted by Crippen LogP contribution is -2.26. The Labute approximate surface area is 92.5 Å². The van der Waals surface area contributed by atoms with Crippen molar-refractivity contribution >= 4 is 18.5 Å². The molecule has 0 N–H and O–H groups in total. The summed E-state index contributed by atoms with van der Waals surface area (Å²) in [5.74, 6) is 0.970. The Morgan fingerprint density at radius 1 is 1.50 bits per heavy atom. The average Bonchev–Trinajstić information content (AvgIpc) is 2.51. The fraction of sp³-hybridized carbons (Fsp3) is 0.909. The molecule has 1 atom stereocenters. The van der Waals surface area contributed by atoms with Crippen LogP contribution < -0.4 is 0 Å². The summed E-state index contributed by atoms with van der Waals surface area (Å²) in [6, 6.07) is 0. The SMILES string of the molecule is CC(C)C(S)CCCN1CCCC1=O. The summed E-state index contributed by atoms with van der Waals surface area (Å²) < 4.78 is 0. The summed E-state index contributed by atoms with van der Waals surface area (Å²) in [6.45, 7) is 6.29. The second kappa shape index (κ2) is 5.64. The third-order valence-electron chi connectivity index (χ3n) is 2.87. The topological polar surface area (TPSA) is 20.3 Å². The highest BCUT2D eigenvalue weighted by molar-refractivity contribution is 7.81. The first-order valence-corrected chi connectivity index (χ1v) is 6.08. The molecule has 1 unspecified atom stereocenters. The van der Waals surface area contributed by atoms with Gasteiger partial charge in [-0.3, -0.25) is 4.79 Å². The van der Waals surface area contributed by atoms with Crippen LogP contribution in [0.3, 0.4) is 0 Å². The van der Waals surface area contributed by atoms with Gasteiger partial charge < -0.3 is 4.90 Å². The molecule has 1 fully saturated rings. The molecule has 1 aliphatic heterocycles. The summed E-state index contributed by atoms with van der Waals surface area (Å²) in [5, 5.41) is 0.479. The van der Waals surface area contributed by atoms with Gasteiger partial charge >= 0.3 is 0 Å². The summed E-state index contributed by atoms with van der Waals surface area (Å²) >= 11 is 4.52. The number of rotatable bonds is 5. The van der Waals surface area contributed by atoms with E-state index in [9.17, 15) is 4.79 Å². The van der Waals surface area contributed by atoms with Crippen molar-refractivity contribution in [3.8, 4) is 0 Å². The zero-order valence-electron chi connectivity index (χ0n) is 9.20. The minimum absolute atomic E-state index is 0.338. The van der Waals surface area contributed by atoms with Gasteiger partial charge in [-0.15, -0.1) is 0 Å². The molecule has 1 rings (SSSR count). The maximum Gasteiger partial charge on any atom is 0.222 e. The lowest BCUT2D eigenvalue weighted by molar-refractivity contribution is -0.127. The second-order valence-electron chi connectivity index (χ2n) is 4.44. The molecule has 14 heavy (non-hydrogen) atoms. The van der Waals surface area contributed by atoms with Crippen LogP contribution in [0.4, 0.5) is 0 Å². The van der Waals surface area contributed by atoms with Crippen LogP contribution in [0.15, 0.2) is 0 Å². The zero-order valence-corrected chi connectivity index (χ0v) is 10.1. The number of carbonyl (C=O) groups excluding carboxylic acids is 1. The van der Waals surface area contributed by atoms with E-state index in [1.54, 1.807) is 0 Å². The van der Waals surface area contributed by atoms with Crippen LogP contribution in [-0.4, -0.2) is 29.1 Å². The van der Waals surface area contributed by atoms with Gasteiger partial charge in [0.15, 0.2) is 0 Å². The smallest absolute Gasteiger partial charge is 0.222 e. The van der Waals surface area contributed by atoms with Crippen molar-refractivity contribution in [1.82, 2.24) is 4.90 Å². The van der Waals surface area contributed by atoms with Gasteiger partial charge in [-0.05, 0) is 25.2 Å². The molecule has 0 aromatic heterocycles. The summed E-state index contributed by atoms with van der Waals surface area (Å²) in [4.78, 5) is 13.3. The normalized spacial score (nSPS) is 19.4. The van der Waals surface area contributed by atoms with Gasteiger partial charge in [0.1, 0.15) is 0 Å². The van der Waals surface area contributed by atoms with Crippen LogP contribution in [0.2, 0.25) is 0 Å². The minimum atomic E-state index is 0.338. The predicted molar refractivity (Wildman–Crippen MR) is 62.7 cm³/mol. The van der Waals surface area contributed by atoms with Crippen LogP contribution in [0.5, 0.6) is 0 Å². The zero-order chi connectivity index (χ0) is 10.6. The fourth-order valence-corrected chi connectivity index (χ4v) is 1.95. The lowest BCUT2D eigenvalue weighted by Gasteiger charge is -2.18. The number of hydrogen-bond acceptors (Lipinski definition) is 2. The van der Waals surface area contributed by atoms with Crippen molar-refractivity contribution in [2.24, 2.45) is 5.92 Å². The summed E-state index contributed by atoms with van der Waals surface area (Å²) in [5.41, 5.74) is 0. The molecular formula is C11H21NOS. The molecule has 1 heterocycles. The number of hydrogen-bond donors (Lipinski definition) is 1. The molecule has 1 saturated heterocycles. The number of likely N-dealkylation sites (tertiary alicyclic amines) is 1. The number of carbonyl (C=O) groups is 1. The molecule has 82 valence electrons. The number of nitrogens with zero attached hydrogens (tertiary/aromatic N) is 1. The first kappa shape index (κ1) is 11.9. The Bertz CT molecular complexity index is 194. The Morgan fingerprint density at radius 2 is 2.21 bits per heavy atom. The molecule has 0 radical (unpaired) electrons. The van der Waals surface area contributed by atoms with E-state index in [2.05, 4.69) is 26.5 Å². The maximum absolute atomic E-state index is 11.3. The van der Waals surface area contributed by atoms with Crippen molar-refractivity contribution in [2.75, 3.05) is 13.1 Å². The summed E-state index contributed by atoms with van der Waals surface area (Å²) in [7, 11) is 0. The first-order valence-electron chi connectivity index (χ1n) is 5.57. The largest absolute Gasteiger partial charge is 0.343 e. The molecular weight excluding hydrogens is 194 g/mol. The Morgan fingerprint density at radius 3 is 2.71 bits per heavy atom. The van der Waals surface area contributed by atoms with Crippen molar-refractivity contribution in [2.45, 2.75) is 44.8 Å². The quantitative estimate of drug-likeness (QED) is 0.698. The Balaban J connectivity index is 2.12. The van der Waals surface area contributed by atoms with Gasteiger partial charge in [0, 0.05) is 24.8 Å². The van der Waals surface area contributed by atoms with Crippen molar-refractivity contribution < 1.29 is 4.79 Å². The molecule has 0 spiro atoms. The predicted octanol–water partition coefficient (Wildman–Crippen LogP) is 2.34. The first-order chi connectivity index (χ1) is 6.61. The van der Waals surface area contributed by atoms with E-state index >= 15 is 0 Å². The molecule has 0 aromatic carbocycles. The fourth-order valence-electron chi connectivity index (χ4n) is 1.77. The molecule has 0 bridgehead atoms. The molecule has 1 aliphatic rings. The maximum atomic E-state index is 11.3. The van der Waals surface area contributed by atoms with Crippen LogP contribution >= 0.6 is 12.6 Å². The van der Waals surface area contributed by atoms with E-state index in [0.29, 0.717) is 17.1 Å². The lowest BCUT2D eigenvalue weighted by atomic mass is 10.1. The highest BCUT2D eigenvalue weighted by atomic mass is 32.1. The molecule has 3 heteroatoms. The molecule has 0 aromatic rings. The molecule has 0 saturated carbocycles. The van der Waals surface area contributed by atoms with Crippen LogP contribution in [0.25, 0.3) is 0 Å². The molecule has 1 amide bonds. The Hall–Kier alpha value is -0.180. The van der Waals surface area contributed by atoms with E-state index in [1.165, 1.54) is 0 Å². The minimum Gasteiger partial charge on any atom is -0.343 e. The standard InChI is InChI=1S/C11H21NOS/c1-9(2)10(14)5-3-7-12-8-4-6-11(12)13/h9-10,14H,3-8H2,1-2H3.